The summed E-state index contributed by atoms with van der Waals surface area (Å²) in [6.07, 6.45) is 3.26. The van der Waals surface area contributed by atoms with Crippen molar-refractivity contribution < 1.29 is 4.92 Å². The summed E-state index contributed by atoms with van der Waals surface area (Å²) in [5.41, 5.74) is 1.98. The van der Waals surface area contributed by atoms with Gasteiger partial charge in [-0.25, -0.2) is 0 Å². The average Bonchev–Trinajstić information content (AvgIpc) is 2.90. The molecule has 0 aliphatic heterocycles. The van der Waals surface area contributed by atoms with Crippen LogP contribution < -0.4 is 5.32 Å². The lowest BCUT2D eigenvalue weighted by molar-refractivity contribution is -0.384. The van der Waals surface area contributed by atoms with E-state index in [4.69, 9.17) is 11.6 Å². The molecule has 3 rings (SSSR count). The highest BCUT2D eigenvalue weighted by atomic mass is 35.5. The fraction of sp³-hybridized carbons (Fsp3) is 0.286. The largest absolute Gasteiger partial charge is 0.377 e. The van der Waals surface area contributed by atoms with Crippen molar-refractivity contribution in [2.24, 2.45) is 0 Å². The normalized spacial score (nSPS) is 17.6. The molecule has 1 unspecified atom stereocenters. The summed E-state index contributed by atoms with van der Waals surface area (Å²) in [6.45, 7) is 0. The molecule has 6 heteroatoms. The maximum absolute atomic E-state index is 10.9. The van der Waals surface area contributed by atoms with Crippen LogP contribution in [0.3, 0.4) is 0 Å². The number of benzene rings is 1. The topological polar surface area (TPSA) is 55.2 Å². The van der Waals surface area contributed by atoms with Crippen LogP contribution in [0, 0.1) is 10.1 Å². The number of non-ortho nitro benzene ring substituents is 1. The van der Waals surface area contributed by atoms with E-state index < -0.39 is 4.92 Å². The van der Waals surface area contributed by atoms with Gasteiger partial charge >= 0.3 is 0 Å². The van der Waals surface area contributed by atoms with Gasteiger partial charge in [0.2, 0.25) is 0 Å². The number of aryl methyl sites for hydroxylation is 1. The molecular weight excluding hydrogens is 296 g/mol. The Labute approximate surface area is 125 Å². The van der Waals surface area contributed by atoms with Gasteiger partial charge in [-0.2, -0.15) is 0 Å². The van der Waals surface area contributed by atoms with Gasteiger partial charge in [0.05, 0.1) is 21.7 Å². The molecule has 0 fully saturated rings. The third kappa shape index (κ3) is 2.51. The van der Waals surface area contributed by atoms with Crippen LogP contribution in [0.1, 0.15) is 29.3 Å². The van der Waals surface area contributed by atoms with E-state index in [0.717, 1.165) is 19.3 Å². The number of hydrogen-bond acceptors (Lipinski definition) is 4. The SMILES string of the molecule is O=[N+]([O-])c1ccc(Cl)c(NC2CCCc3sccc32)c1. The number of nitrogens with one attached hydrogen (secondary N) is 1. The highest BCUT2D eigenvalue weighted by Crippen LogP contribution is 2.37. The van der Waals surface area contributed by atoms with Crippen molar-refractivity contribution in [2.75, 3.05) is 5.32 Å². The number of fused-ring (bicyclic) bond motifs is 1. The molecule has 1 heterocycles. The monoisotopic (exact) mass is 308 g/mol. The molecule has 0 saturated carbocycles. The predicted octanol–water partition coefficient (Wildman–Crippen LogP) is 4.80. The number of nitro benzene ring substituents is 1. The lowest BCUT2D eigenvalue weighted by Crippen LogP contribution is -2.15. The van der Waals surface area contributed by atoms with Crippen LogP contribution in [-0.2, 0) is 6.42 Å². The molecule has 1 N–H and O–H groups in total. The lowest BCUT2D eigenvalue weighted by Gasteiger charge is -2.25. The second-order valence-corrected chi connectivity index (χ2v) is 6.22. The summed E-state index contributed by atoms with van der Waals surface area (Å²) < 4.78 is 0. The van der Waals surface area contributed by atoms with E-state index >= 15 is 0 Å². The minimum absolute atomic E-state index is 0.0539. The van der Waals surface area contributed by atoms with Crippen molar-refractivity contribution in [1.82, 2.24) is 0 Å². The summed E-state index contributed by atoms with van der Waals surface area (Å²) in [5, 5.41) is 16.8. The number of hydrogen-bond donors (Lipinski definition) is 1. The summed E-state index contributed by atoms with van der Waals surface area (Å²) in [4.78, 5) is 11.8. The van der Waals surface area contributed by atoms with E-state index in [-0.39, 0.29) is 11.7 Å². The molecule has 0 radical (unpaired) electrons. The molecule has 0 amide bonds. The maximum atomic E-state index is 10.9. The van der Waals surface area contributed by atoms with Gasteiger partial charge in [0, 0.05) is 17.0 Å². The highest BCUT2D eigenvalue weighted by Gasteiger charge is 2.22. The first-order valence-corrected chi connectivity index (χ1v) is 7.67. The third-order valence-corrected chi connectivity index (χ3v) is 4.87. The second-order valence-electron chi connectivity index (χ2n) is 4.81. The van der Waals surface area contributed by atoms with Crippen LogP contribution in [0.2, 0.25) is 5.02 Å². The van der Waals surface area contributed by atoms with E-state index in [1.165, 1.54) is 22.6 Å². The highest BCUT2D eigenvalue weighted by molar-refractivity contribution is 7.10. The zero-order chi connectivity index (χ0) is 14.1. The van der Waals surface area contributed by atoms with E-state index in [1.54, 1.807) is 17.4 Å². The van der Waals surface area contributed by atoms with Gasteiger partial charge in [-0.15, -0.1) is 11.3 Å². The zero-order valence-corrected chi connectivity index (χ0v) is 12.2. The van der Waals surface area contributed by atoms with Crippen molar-refractivity contribution >= 4 is 34.3 Å². The van der Waals surface area contributed by atoms with E-state index in [0.29, 0.717) is 10.7 Å². The lowest BCUT2D eigenvalue weighted by atomic mass is 9.94. The van der Waals surface area contributed by atoms with Gasteiger partial charge in [-0.1, -0.05) is 11.6 Å². The molecule has 2 aromatic rings. The predicted molar refractivity (Wildman–Crippen MR) is 81.7 cm³/mol. The van der Waals surface area contributed by atoms with Gasteiger partial charge in [0.1, 0.15) is 0 Å². The molecule has 1 aliphatic carbocycles. The first kappa shape index (κ1) is 13.4. The van der Waals surface area contributed by atoms with Gasteiger partial charge in [-0.05, 0) is 42.3 Å². The fourth-order valence-corrected chi connectivity index (χ4v) is 3.72. The van der Waals surface area contributed by atoms with E-state index in [1.807, 2.05) is 0 Å². The van der Waals surface area contributed by atoms with Gasteiger partial charge < -0.3 is 5.32 Å². The molecule has 0 saturated heterocycles. The van der Waals surface area contributed by atoms with Crippen molar-refractivity contribution in [3.8, 4) is 0 Å². The Morgan fingerprint density at radius 1 is 1.40 bits per heavy atom. The van der Waals surface area contributed by atoms with Crippen LogP contribution in [0.4, 0.5) is 11.4 Å². The molecule has 1 aliphatic rings. The maximum Gasteiger partial charge on any atom is 0.271 e. The van der Waals surface area contributed by atoms with Gasteiger partial charge in [-0.3, -0.25) is 10.1 Å². The molecular formula is C14H13ClN2O2S. The van der Waals surface area contributed by atoms with Crippen LogP contribution in [-0.4, -0.2) is 4.92 Å². The molecule has 1 atom stereocenters. The number of nitrogens with zero attached hydrogens (tertiary/aromatic N) is 1. The quantitative estimate of drug-likeness (QED) is 0.654. The molecule has 4 nitrogen and oxygen atoms in total. The number of halogens is 1. The number of nitro groups is 1. The van der Waals surface area contributed by atoms with Crippen molar-refractivity contribution in [3.05, 3.63) is 55.2 Å². The Morgan fingerprint density at radius 2 is 2.25 bits per heavy atom. The summed E-state index contributed by atoms with van der Waals surface area (Å²) in [6, 6.07) is 6.80. The molecule has 1 aromatic heterocycles. The Kier molecular flexibility index (Phi) is 3.63. The van der Waals surface area contributed by atoms with Crippen molar-refractivity contribution in [1.29, 1.82) is 0 Å². The van der Waals surface area contributed by atoms with Crippen molar-refractivity contribution in [2.45, 2.75) is 25.3 Å². The Morgan fingerprint density at radius 3 is 3.05 bits per heavy atom. The zero-order valence-electron chi connectivity index (χ0n) is 10.6. The average molecular weight is 309 g/mol. The number of anilines is 1. The second kappa shape index (κ2) is 5.42. The Bertz CT molecular complexity index is 656. The van der Waals surface area contributed by atoms with Gasteiger partial charge in [0.15, 0.2) is 0 Å². The molecule has 104 valence electrons. The van der Waals surface area contributed by atoms with E-state index in [2.05, 4.69) is 16.8 Å². The molecule has 0 bridgehead atoms. The molecule has 0 spiro atoms. The minimum Gasteiger partial charge on any atom is -0.377 e. The first-order valence-electron chi connectivity index (χ1n) is 6.42. The fourth-order valence-electron chi connectivity index (χ4n) is 2.56. The smallest absolute Gasteiger partial charge is 0.271 e. The standard InChI is InChI=1S/C14H13ClN2O2S/c15-11-5-4-9(17(18)19)8-13(11)16-12-2-1-3-14-10(12)6-7-20-14/h4-8,12,16H,1-3H2. The Balaban J connectivity index is 1.89. The van der Waals surface area contributed by atoms with Crippen LogP contribution in [0.5, 0.6) is 0 Å². The number of rotatable bonds is 3. The summed E-state index contributed by atoms with van der Waals surface area (Å²) >= 11 is 7.91. The minimum atomic E-state index is -0.404. The van der Waals surface area contributed by atoms with Gasteiger partial charge in [0.25, 0.3) is 5.69 Å². The molecule has 1 aromatic carbocycles. The summed E-state index contributed by atoms with van der Waals surface area (Å²) in [5.74, 6) is 0. The van der Waals surface area contributed by atoms with Crippen molar-refractivity contribution in [3.63, 3.8) is 0 Å². The van der Waals surface area contributed by atoms with E-state index in [9.17, 15) is 10.1 Å². The van der Waals surface area contributed by atoms with Crippen LogP contribution >= 0.6 is 22.9 Å². The first-order chi connectivity index (χ1) is 9.65. The number of thiophene rings is 1. The molecule has 20 heavy (non-hydrogen) atoms. The Hall–Kier alpha value is -1.59. The van der Waals surface area contributed by atoms with Crippen LogP contribution in [0.25, 0.3) is 0 Å². The summed E-state index contributed by atoms with van der Waals surface area (Å²) in [7, 11) is 0. The van der Waals surface area contributed by atoms with Crippen LogP contribution in [0.15, 0.2) is 29.6 Å². The third-order valence-electron chi connectivity index (χ3n) is 3.54.